The van der Waals surface area contributed by atoms with E-state index in [1.807, 2.05) is 36.4 Å². The van der Waals surface area contributed by atoms with Crippen LogP contribution >= 0.6 is 0 Å². The number of amides is 1. The third-order valence-corrected chi connectivity index (χ3v) is 5.12. The van der Waals surface area contributed by atoms with Crippen LogP contribution in [-0.2, 0) is 19.0 Å². The van der Waals surface area contributed by atoms with Crippen molar-refractivity contribution < 1.29 is 33.6 Å². The molecule has 6 atom stereocenters. The predicted molar refractivity (Wildman–Crippen MR) is 106 cm³/mol. The van der Waals surface area contributed by atoms with Crippen LogP contribution in [0.2, 0.25) is 0 Å². The molecule has 2 aliphatic heterocycles. The highest BCUT2D eigenvalue weighted by molar-refractivity contribution is 5.73. The number of aliphatic hydroxyl groups is 1. The summed E-state index contributed by atoms with van der Waals surface area (Å²) in [6.45, 7) is 1.58. The van der Waals surface area contributed by atoms with E-state index < -0.39 is 36.9 Å². The van der Waals surface area contributed by atoms with E-state index in [2.05, 4.69) is 5.32 Å². The van der Waals surface area contributed by atoms with Crippen LogP contribution in [0.1, 0.15) is 18.8 Å². The van der Waals surface area contributed by atoms with E-state index in [0.717, 1.165) is 5.56 Å². The summed E-state index contributed by atoms with van der Waals surface area (Å²) in [7, 11) is 1.53. The van der Waals surface area contributed by atoms with Crippen molar-refractivity contribution in [2.24, 2.45) is 0 Å². The van der Waals surface area contributed by atoms with Gasteiger partial charge in [0.2, 0.25) is 12.2 Å². The topological polar surface area (TPSA) is 95.5 Å². The Kier molecular flexibility index (Phi) is 6.19. The lowest BCUT2D eigenvalue weighted by atomic mass is 9.95. The number of methoxy groups -OCH3 is 1. The summed E-state index contributed by atoms with van der Waals surface area (Å²) in [5.74, 6) is 0.631. The zero-order chi connectivity index (χ0) is 21.1. The van der Waals surface area contributed by atoms with Crippen molar-refractivity contribution in [3.05, 3.63) is 60.2 Å². The summed E-state index contributed by atoms with van der Waals surface area (Å²) in [6.07, 6.45) is -3.91. The Bertz CT molecular complexity index is 862. The molecular weight excluding hydrogens is 390 g/mol. The van der Waals surface area contributed by atoms with Gasteiger partial charge in [-0.1, -0.05) is 42.5 Å². The number of aliphatic hydroxyl groups excluding tert-OH is 1. The van der Waals surface area contributed by atoms with E-state index in [-0.39, 0.29) is 12.5 Å². The van der Waals surface area contributed by atoms with Gasteiger partial charge < -0.3 is 34.1 Å². The van der Waals surface area contributed by atoms with Crippen LogP contribution in [0.3, 0.4) is 0 Å². The van der Waals surface area contributed by atoms with E-state index in [1.165, 1.54) is 14.0 Å². The lowest BCUT2D eigenvalue weighted by Gasteiger charge is -2.47. The molecule has 2 saturated heterocycles. The van der Waals surface area contributed by atoms with Crippen molar-refractivity contribution in [2.45, 2.75) is 43.9 Å². The summed E-state index contributed by atoms with van der Waals surface area (Å²) < 4.78 is 29.2. The molecule has 1 amide bonds. The number of para-hydroxylation sites is 2. The lowest BCUT2D eigenvalue weighted by molar-refractivity contribution is -0.333. The normalized spacial score (nSPS) is 30.8. The van der Waals surface area contributed by atoms with Gasteiger partial charge in [0.05, 0.1) is 13.7 Å². The maximum absolute atomic E-state index is 11.8. The SMILES string of the molecule is COc1ccccc1O[C@@H]1O[C@@H]2CO[C@H](c3ccccc3)O[C@@H]2[C@@H](O)[C@@H]1NC(C)=O. The van der Waals surface area contributed by atoms with Crippen LogP contribution in [0.4, 0.5) is 0 Å². The molecule has 8 nitrogen and oxygen atoms in total. The second kappa shape index (κ2) is 9.01. The Hall–Kier alpha value is -2.65. The molecule has 2 aromatic rings. The Morgan fingerprint density at radius 2 is 1.77 bits per heavy atom. The minimum Gasteiger partial charge on any atom is -0.493 e. The average Bonchev–Trinajstić information content (AvgIpc) is 2.77. The van der Waals surface area contributed by atoms with Crippen LogP contribution in [0, 0.1) is 0 Å². The van der Waals surface area contributed by atoms with Gasteiger partial charge in [0.15, 0.2) is 17.8 Å². The first-order valence-electron chi connectivity index (χ1n) is 9.79. The van der Waals surface area contributed by atoms with Gasteiger partial charge in [0, 0.05) is 12.5 Å². The lowest BCUT2D eigenvalue weighted by Crippen LogP contribution is -2.67. The summed E-state index contributed by atoms with van der Waals surface area (Å²) in [5, 5.41) is 13.8. The molecule has 2 fully saturated rings. The molecule has 0 spiro atoms. The average molecular weight is 415 g/mol. The summed E-state index contributed by atoms with van der Waals surface area (Å²) in [5.41, 5.74) is 0.839. The van der Waals surface area contributed by atoms with Crippen LogP contribution in [0.5, 0.6) is 11.5 Å². The number of carbonyl (C=O) groups excluding carboxylic acids is 1. The summed E-state index contributed by atoms with van der Waals surface area (Å²) in [6, 6.07) is 15.7. The zero-order valence-electron chi connectivity index (χ0n) is 16.8. The van der Waals surface area contributed by atoms with E-state index in [9.17, 15) is 9.90 Å². The minimum absolute atomic E-state index is 0.208. The summed E-state index contributed by atoms with van der Waals surface area (Å²) in [4.78, 5) is 11.8. The number of hydrogen-bond donors (Lipinski definition) is 2. The second-order valence-corrected chi connectivity index (χ2v) is 7.21. The van der Waals surface area contributed by atoms with Crippen molar-refractivity contribution in [3.63, 3.8) is 0 Å². The molecule has 0 bridgehead atoms. The van der Waals surface area contributed by atoms with Crippen molar-refractivity contribution in [1.29, 1.82) is 0 Å². The maximum atomic E-state index is 11.8. The van der Waals surface area contributed by atoms with Gasteiger partial charge in [-0.3, -0.25) is 4.79 Å². The maximum Gasteiger partial charge on any atom is 0.223 e. The Morgan fingerprint density at radius 1 is 1.07 bits per heavy atom. The first-order valence-corrected chi connectivity index (χ1v) is 9.79. The molecule has 160 valence electrons. The molecule has 0 aliphatic carbocycles. The molecule has 2 aromatic carbocycles. The molecule has 2 aliphatic rings. The smallest absolute Gasteiger partial charge is 0.223 e. The first-order chi connectivity index (χ1) is 14.6. The van der Waals surface area contributed by atoms with Crippen molar-refractivity contribution >= 4 is 5.91 Å². The number of nitrogens with one attached hydrogen (secondary N) is 1. The van der Waals surface area contributed by atoms with Gasteiger partial charge in [0.1, 0.15) is 24.4 Å². The van der Waals surface area contributed by atoms with Crippen LogP contribution in [0.15, 0.2) is 54.6 Å². The van der Waals surface area contributed by atoms with Crippen molar-refractivity contribution in [1.82, 2.24) is 5.32 Å². The predicted octanol–water partition coefficient (Wildman–Crippen LogP) is 1.78. The Morgan fingerprint density at radius 3 is 2.47 bits per heavy atom. The fourth-order valence-electron chi connectivity index (χ4n) is 3.70. The van der Waals surface area contributed by atoms with Gasteiger partial charge in [-0.05, 0) is 12.1 Å². The minimum atomic E-state index is -1.07. The number of ether oxygens (including phenoxy) is 5. The molecule has 0 saturated carbocycles. The summed E-state index contributed by atoms with van der Waals surface area (Å²) >= 11 is 0. The highest BCUT2D eigenvalue weighted by Gasteiger charge is 2.50. The Labute approximate surface area is 174 Å². The van der Waals surface area contributed by atoms with E-state index in [1.54, 1.807) is 18.2 Å². The molecule has 2 heterocycles. The zero-order valence-corrected chi connectivity index (χ0v) is 16.8. The van der Waals surface area contributed by atoms with E-state index in [0.29, 0.717) is 11.5 Å². The molecule has 0 aromatic heterocycles. The van der Waals surface area contributed by atoms with E-state index in [4.69, 9.17) is 23.7 Å². The number of benzene rings is 2. The van der Waals surface area contributed by atoms with Gasteiger partial charge in [0.25, 0.3) is 0 Å². The number of carbonyl (C=O) groups is 1. The molecule has 30 heavy (non-hydrogen) atoms. The fraction of sp³-hybridized carbons (Fsp3) is 0.409. The monoisotopic (exact) mass is 415 g/mol. The van der Waals surface area contributed by atoms with Gasteiger partial charge in [-0.2, -0.15) is 0 Å². The number of rotatable bonds is 5. The van der Waals surface area contributed by atoms with Gasteiger partial charge >= 0.3 is 0 Å². The fourth-order valence-corrected chi connectivity index (χ4v) is 3.70. The van der Waals surface area contributed by atoms with Crippen LogP contribution in [0.25, 0.3) is 0 Å². The Balaban J connectivity index is 1.55. The van der Waals surface area contributed by atoms with Crippen LogP contribution < -0.4 is 14.8 Å². The largest absolute Gasteiger partial charge is 0.493 e. The van der Waals surface area contributed by atoms with Crippen LogP contribution in [-0.4, -0.2) is 55.4 Å². The van der Waals surface area contributed by atoms with Gasteiger partial charge in [-0.15, -0.1) is 0 Å². The molecule has 2 N–H and O–H groups in total. The third kappa shape index (κ3) is 4.27. The first kappa shape index (κ1) is 20.6. The molecular formula is C22H25NO7. The third-order valence-electron chi connectivity index (χ3n) is 5.12. The molecule has 0 radical (unpaired) electrons. The molecule has 4 rings (SSSR count). The standard InChI is InChI=1S/C22H25NO7/c1-13(24)23-18-19(25)20-17(12-27-21(30-20)14-8-4-3-5-9-14)29-22(18)28-16-11-7-6-10-15(16)26-2/h3-11,17-22,25H,12H2,1-2H3,(H,23,24)/t17-,18+,19+,20+,21+,22-/m1/s1. The van der Waals surface area contributed by atoms with E-state index >= 15 is 0 Å². The number of fused-ring (bicyclic) bond motifs is 1. The second-order valence-electron chi connectivity index (χ2n) is 7.21. The highest BCUT2D eigenvalue weighted by atomic mass is 16.7. The number of hydrogen-bond acceptors (Lipinski definition) is 7. The van der Waals surface area contributed by atoms with Gasteiger partial charge in [-0.25, -0.2) is 0 Å². The molecule has 8 heteroatoms. The molecule has 0 unspecified atom stereocenters. The highest BCUT2D eigenvalue weighted by Crippen LogP contribution is 2.36. The van der Waals surface area contributed by atoms with Crippen molar-refractivity contribution in [3.8, 4) is 11.5 Å². The van der Waals surface area contributed by atoms with Crippen molar-refractivity contribution in [2.75, 3.05) is 13.7 Å². The quantitative estimate of drug-likeness (QED) is 0.769.